The van der Waals surface area contributed by atoms with Crippen LogP contribution in [0.3, 0.4) is 0 Å². The molecule has 18 heavy (non-hydrogen) atoms. The Labute approximate surface area is 118 Å². The van der Waals surface area contributed by atoms with E-state index in [9.17, 15) is 4.79 Å². The zero-order valence-corrected chi connectivity index (χ0v) is 11.8. The van der Waals surface area contributed by atoms with E-state index in [4.69, 9.17) is 11.6 Å². The highest BCUT2D eigenvalue weighted by Gasteiger charge is 2.08. The lowest BCUT2D eigenvalue weighted by Crippen LogP contribution is -2.13. The van der Waals surface area contributed by atoms with Gasteiger partial charge in [-0.2, -0.15) is 0 Å². The first kappa shape index (κ1) is 13.0. The number of carbonyl (C=O) groups is 1. The molecule has 0 aliphatic heterocycles. The van der Waals surface area contributed by atoms with Gasteiger partial charge in [0.2, 0.25) is 0 Å². The molecule has 1 aromatic carbocycles. The molecule has 2 aromatic rings. The van der Waals surface area contributed by atoms with Crippen molar-refractivity contribution in [1.29, 1.82) is 0 Å². The van der Waals surface area contributed by atoms with E-state index in [-0.39, 0.29) is 11.1 Å². The van der Waals surface area contributed by atoms with Crippen LogP contribution in [0, 0.1) is 6.92 Å². The number of rotatable bonds is 2. The molecule has 0 bridgehead atoms. The Morgan fingerprint density at radius 3 is 2.83 bits per heavy atom. The predicted octanol–water partition coefficient (Wildman–Crippen LogP) is 3.45. The van der Waals surface area contributed by atoms with Crippen molar-refractivity contribution in [1.82, 2.24) is 9.97 Å². The number of carbonyl (C=O) groups excluding carboxylic acids is 1. The Bertz CT molecular complexity index is 604. The zero-order valence-electron chi connectivity index (χ0n) is 9.45. The Hall–Kier alpha value is -1.46. The first-order chi connectivity index (χ1) is 8.56. The van der Waals surface area contributed by atoms with Crippen LogP contribution in [0.2, 0.25) is 5.15 Å². The van der Waals surface area contributed by atoms with Crippen molar-refractivity contribution >= 4 is 39.3 Å². The van der Waals surface area contributed by atoms with Gasteiger partial charge < -0.3 is 5.32 Å². The second-order valence-electron chi connectivity index (χ2n) is 3.65. The first-order valence-electron chi connectivity index (χ1n) is 5.11. The van der Waals surface area contributed by atoms with Crippen molar-refractivity contribution in [2.75, 3.05) is 5.32 Å². The van der Waals surface area contributed by atoms with Crippen LogP contribution in [0.15, 0.2) is 35.1 Å². The van der Waals surface area contributed by atoms with Crippen LogP contribution in [0.1, 0.15) is 15.9 Å². The molecule has 0 saturated carbocycles. The number of benzene rings is 1. The molecule has 1 aromatic heterocycles. The molecule has 6 heteroatoms. The SMILES string of the molecule is Cc1cc(C(=O)Nc2cncc(Cl)n2)ccc1Br. The molecule has 0 atom stereocenters. The summed E-state index contributed by atoms with van der Waals surface area (Å²) in [5, 5.41) is 2.87. The maximum absolute atomic E-state index is 12.0. The lowest BCUT2D eigenvalue weighted by molar-refractivity contribution is 0.102. The lowest BCUT2D eigenvalue weighted by atomic mass is 10.1. The van der Waals surface area contributed by atoms with Gasteiger partial charge in [-0.1, -0.05) is 27.5 Å². The molecule has 1 amide bonds. The Morgan fingerprint density at radius 1 is 1.39 bits per heavy atom. The highest BCUT2D eigenvalue weighted by atomic mass is 79.9. The van der Waals surface area contributed by atoms with E-state index in [1.54, 1.807) is 12.1 Å². The number of nitrogens with zero attached hydrogens (tertiary/aromatic N) is 2. The number of hydrogen-bond donors (Lipinski definition) is 1. The normalized spacial score (nSPS) is 10.2. The molecular weight excluding hydrogens is 318 g/mol. The smallest absolute Gasteiger partial charge is 0.256 e. The van der Waals surface area contributed by atoms with Crippen molar-refractivity contribution in [2.24, 2.45) is 0 Å². The Morgan fingerprint density at radius 2 is 2.17 bits per heavy atom. The number of amides is 1. The first-order valence-corrected chi connectivity index (χ1v) is 6.28. The quantitative estimate of drug-likeness (QED) is 0.919. The van der Waals surface area contributed by atoms with Crippen LogP contribution in [0.25, 0.3) is 0 Å². The van der Waals surface area contributed by atoms with Crippen molar-refractivity contribution in [3.05, 3.63) is 51.3 Å². The molecule has 1 N–H and O–H groups in total. The average molecular weight is 327 g/mol. The molecule has 1 heterocycles. The maximum atomic E-state index is 12.0. The molecule has 0 radical (unpaired) electrons. The number of aryl methyl sites for hydroxylation is 1. The molecule has 92 valence electrons. The van der Waals surface area contributed by atoms with E-state index >= 15 is 0 Å². The Kier molecular flexibility index (Phi) is 3.93. The maximum Gasteiger partial charge on any atom is 0.256 e. The van der Waals surface area contributed by atoms with Gasteiger partial charge in [-0.25, -0.2) is 4.98 Å². The van der Waals surface area contributed by atoms with Gasteiger partial charge in [-0.15, -0.1) is 0 Å². The van der Waals surface area contributed by atoms with E-state index < -0.39 is 0 Å². The largest absolute Gasteiger partial charge is 0.305 e. The third-order valence-electron chi connectivity index (χ3n) is 2.27. The van der Waals surface area contributed by atoms with Crippen LogP contribution >= 0.6 is 27.5 Å². The molecule has 0 fully saturated rings. The fraction of sp³-hybridized carbons (Fsp3) is 0.0833. The topological polar surface area (TPSA) is 54.9 Å². The number of nitrogens with one attached hydrogen (secondary N) is 1. The van der Waals surface area contributed by atoms with Crippen LogP contribution in [-0.4, -0.2) is 15.9 Å². The summed E-state index contributed by atoms with van der Waals surface area (Å²) in [6.07, 6.45) is 2.84. The van der Waals surface area contributed by atoms with Crippen LogP contribution in [0.5, 0.6) is 0 Å². The third kappa shape index (κ3) is 3.05. The van der Waals surface area contributed by atoms with Crippen LogP contribution in [-0.2, 0) is 0 Å². The van der Waals surface area contributed by atoms with Gasteiger partial charge in [-0.05, 0) is 30.7 Å². The molecule has 0 aliphatic carbocycles. The minimum atomic E-state index is -0.248. The van der Waals surface area contributed by atoms with Crippen LogP contribution in [0.4, 0.5) is 5.82 Å². The fourth-order valence-electron chi connectivity index (χ4n) is 1.38. The van der Waals surface area contributed by atoms with E-state index in [2.05, 4.69) is 31.2 Å². The summed E-state index contributed by atoms with van der Waals surface area (Å²) in [7, 11) is 0. The molecule has 2 rings (SSSR count). The van der Waals surface area contributed by atoms with Crippen LogP contribution < -0.4 is 5.32 Å². The van der Waals surface area contributed by atoms with E-state index in [1.807, 2.05) is 13.0 Å². The average Bonchev–Trinajstić information content (AvgIpc) is 2.32. The number of hydrogen-bond acceptors (Lipinski definition) is 3. The minimum absolute atomic E-state index is 0.236. The molecule has 0 unspecified atom stereocenters. The van der Waals surface area contributed by atoms with Gasteiger partial charge in [0, 0.05) is 10.0 Å². The van der Waals surface area contributed by atoms with Crippen molar-refractivity contribution in [3.63, 3.8) is 0 Å². The van der Waals surface area contributed by atoms with Gasteiger partial charge in [0.25, 0.3) is 5.91 Å². The van der Waals surface area contributed by atoms with E-state index in [1.165, 1.54) is 12.4 Å². The second kappa shape index (κ2) is 5.46. The third-order valence-corrected chi connectivity index (χ3v) is 3.34. The number of halogens is 2. The summed E-state index contributed by atoms with van der Waals surface area (Å²) in [5.74, 6) is 0.0789. The fourth-order valence-corrected chi connectivity index (χ4v) is 1.77. The predicted molar refractivity (Wildman–Crippen MR) is 73.9 cm³/mol. The minimum Gasteiger partial charge on any atom is -0.305 e. The summed E-state index contributed by atoms with van der Waals surface area (Å²) < 4.78 is 0.960. The summed E-state index contributed by atoms with van der Waals surface area (Å²) in [6.45, 7) is 1.92. The second-order valence-corrected chi connectivity index (χ2v) is 4.89. The monoisotopic (exact) mass is 325 g/mol. The van der Waals surface area contributed by atoms with E-state index in [0.717, 1.165) is 10.0 Å². The van der Waals surface area contributed by atoms with Gasteiger partial charge in [-0.3, -0.25) is 9.78 Å². The van der Waals surface area contributed by atoms with E-state index in [0.29, 0.717) is 11.4 Å². The standard InChI is InChI=1S/C12H9BrClN3O/c1-7-4-8(2-3-9(7)13)12(18)17-11-6-15-5-10(14)16-11/h2-6H,1H3,(H,16,17,18). The summed E-state index contributed by atoms with van der Waals surface area (Å²) in [6, 6.07) is 5.34. The molecule has 0 spiro atoms. The van der Waals surface area contributed by atoms with Crippen molar-refractivity contribution in [3.8, 4) is 0 Å². The highest BCUT2D eigenvalue weighted by Crippen LogP contribution is 2.18. The number of aromatic nitrogens is 2. The summed E-state index contributed by atoms with van der Waals surface area (Å²) in [4.78, 5) is 19.7. The van der Waals surface area contributed by atoms with Crippen molar-refractivity contribution in [2.45, 2.75) is 6.92 Å². The van der Waals surface area contributed by atoms with Gasteiger partial charge in [0.1, 0.15) is 5.15 Å². The van der Waals surface area contributed by atoms with Crippen molar-refractivity contribution < 1.29 is 4.79 Å². The Balaban J connectivity index is 2.19. The van der Waals surface area contributed by atoms with Gasteiger partial charge in [0.05, 0.1) is 12.4 Å². The molecule has 0 saturated heterocycles. The lowest BCUT2D eigenvalue weighted by Gasteiger charge is -2.05. The zero-order chi connectivity index (χ0) is 13.1. The number of anilines is 1. The summed E-state index contributed by atoms with van der Waals surface area (Å²) >= 11 is 9.07. The molecule has 4 nitrogen and oxygen atoms in total. The summed E-state index contributed by atoms with van der Waals surface area (Å²) in [5.41, 5.74) is 1.54. The molecular formula is C12H9BrClN3O. The highest BCUT2D eigenvalue weighted by molar-refractivity contribution is 9.10. The van der Waals surface area contributed by atoms with Gasteiger partial charge >= 0.3 is 0 Å². The molecule has 0 aliphatic rings. The van der Waals surface area contributed by atoms with Gasteiger partial charge in [0.15, 0.2) is 5.82 Å².